The van der Waals surface area contributed by atoms with Gasteiger partial charge in [-0.15, -0.1) is 11.3 Å². The molecule has 0 radical (unpaired) electrons. The van der Waals surface area contributed by atoms with Crippen LogP contribution < -0.4 is 16.2 Å². The van der Waals surface area contributed by atoms with Crippen molar-refractivity contribution < 1.29 is 13.2 Å². The van der Waals surface area contributed by atoms with Gasteiger partial charge in [0, 0.05) is 9.85 Å². The number of thiazole rings is 1. The van der Waals surface area contributed by atoms with Gasteiger partial charge in [-0.05, 0) is 34.1 Å². The standard InChI is InChI=1S/C11H11BrN4O3S2/c12-8-4-7(21(14,18)19)1-2-9(8)16-10(17)3-6-5-20-11(13)15-6/h1-2,4-5H,3H2,(H2,13,15)(H,16,17)(H2,14,18,19). The third-order valence-corrected chi connectivity index (χ3v) is 4.74. The molecule has 7 nitrogen and oxygen atoms in total. The predicted molar refractivity (Wildman–Crippen MR) is 84.4 cm³/mol. The molecule has 21 heavy (non-hydrogen) atoms. The molecule has 2 rings (SSSR count). The van der Waals surface area contributed by atoms with E-state index in [4.69, 9.17) is 10.9 Å². The first-order valence-corrected chi connectivity index (χ1v) is 8.79. The van der Waals surface area contributed by atoms with Gasteiger partial charge in [-0.25, -0.2) is 18.5 Å². The fourth-order valence-electron chi connectivity index (χ4n) is 1.54. The van der Waals surface area contributed by atoms with Crippen LogP contribution in [0, 0.1) is 0 Å². The minimum Gasteiger partial charge on any atom is -0.375 e. The summed E-state index contributed by atoms with van der Waals surface area (Å²) in [4.78, 5) is 15.8. The highest BCUT2D eigenvalue weighted by Crippen LogP contribution is 2.25. The van der Waals surface area contributed by atoms with E-state index in [1.807, 2.05) is 0 Å². The van der Waals surface area contributed by atoms with Gasteiger partial charge in [-0.3, -0.25) is 4.79 Å². The molecule has 112 valence electrons. The average molecular weight is 391 g/mol. The average Bonchev–Trinajstić information content (AvgIpc) is 2.76. The molecule has 1 aromatic carbocycles. The second-order valence-electron chi connectivity index (χ2n) is 4.09. The number of carbonyl (C=O) groups is 1. The Hall–Kier alpha value is -1.49. The first kappa shape index (κ1) is 15.9. The highest BCUT2D eigenvalue weighted by Gasteiger charge is 2.13. The molecule has 0 saturated carbocycles. The van der Waals surface area contributed by atoms with Gasteiger partial charge >= 0.3 is 0 Å². The van der Waals surface area contributed by atoms with Crippen molar-refractivity contribution in [3.8, 4) is 0 Å². The van der Waals surface area contributed by atoms with Gasteiger partial charge in [0.05, 0.1) is 22.7 Å². The van der Waals surface area contributed by atoms with Gasteiger partial charge in [-0.2, -0.15) is 0 Å². The summed E-state index contributed by atoms with van der Waals surface area (Å²) in [6, 6.07) is 4.10. The highest BCUT2D eigenvalue weighted by atomic mass is 79.9. The normalized spacial score (nSPS) is 11.3. The van der Waals surface area contributed by atoms with Gasteiger partial charge < -0.3 is 11.1 Å². The summed E-state index contributed by atoms with van der Waals surface area (Å²) in [6.45, 7) is 0. The van der Waals surface area contributed by atoms with E-state index in [1.54, 1.807) is 5.38 Å². The summed E-state index contributed by atoms with van der Waals surface area (Å²) >= 11 is 4.45. The molecular weight excluding hydrogens is 380 g/mol. The van der Waals surface area contributed by atoms with E-state index in [0.717, 1.165) is 0 Å². The molecule has 0 fully saturated rings. The molecule has 2 aromatic rings. The zero-order valence-electron chi connectivity index (χ0n) is 10.5. The lowest BCUT2D eigenvalue weighted by Gasteiger charge is -2.08. The minimum absolute atomic E-state index is 0.0420. The molecule has 0 aliphatic heterocycles. The van der Waals surface area contributed by atoms with Crippen LogP contribution in [0.5, 0.6) is 0 Å². The predicted octanol–water partition coefficient (Wildman–Crippen LogP) is 1.32. The summed E-state index contributed by atoms with van der Waals surface area (Å²) in [5.41, 5.74) is 6.50. The largest absolute Gasteiger partial charge is 0.375 e. The first-order chi connectivity index (χ1) is 9.75. The van der Waals surface area contributed by atoms with Crippen molar-refractivity contribution in [2.24, 2.45) is 5.14 Å². The number of benzene rings is 1. The number of halogens is 1. The number of amides is 1. The van der Waals surface area contributed by atoms with Crippen LogP contribution in [-0.2, 0) is 21.2 Å². The Labute approximate surface area is 133 Å². The van der Waals surface area contributed by atoms with Crippen LogP contribution in [0.2, 0.25) is 0 Å². The molecule has 1 amide bonds. The second kappa shape index (κ2) is 6.10. The maximum Gasteiger partial charge on any atom is 0.238 e. The van der Waals surface area contributed by atoms with E-state index < -0.39 is 10.0 Å². The first-order valence-electron chi connectivity index (χ1n) is 5.58. The number of nitrogens with one attached hydrogen (secondary N) is 1. The number of sulfonamides is 1. The molecule has 1 heterocycles. The molecule has 10 heteroatoms. The molecule has 0 aliphatic carbocycles. The summed E-state index contributed by atoms with van der Waals surface area (Å²) in [5, 5.41) is 9.78. The van der Waals surface area contributed by atoms with Crippen molar-refractivity contribution in [1.29, 1.82) is 0 Å². The number of nitrogens with two attached hydrogens (primary N) is 2. The number of aromatic nitrogens is 1. The lowest BCUT2D eigenvalue weighted by Crippen LogP contribution is -2.16. The third-order valence-electron chi connectivity index (χ3n) is 2.45. The second-order valence-corrected chi connectivity index (χ2v) is 7.39. The zero-order chi connectivity index (χ0) is 15.6. The Balaban J connectivity index is 2.11. The smallest absolute Gasteiger partial charge is 0.238 e. The van der Waals surface area contributed by atoms with Gasteiger partial charge in [0.1, 0.15) is 0 Å². The molecule has 0 bridgehead atoms. The van der Waals surface area contributed by atoms with E-state index in [1.165, 1.54) is 29.5 Å². The van der Waals surface area contributed by atoms with E-state index in [0.29, 0.717) is 21.0 Å². The summed E-state index contributed by atoms with van der Waals surface area (Å²) in [6.07, 6.45) is 0.0804. The summed E-state index contributed by atoms with van der Waals surface area (Å²) < 4.78 is 22.8. The lowest BCUT2D eigenvalue weighted by molar-refractivity contribution is -0.115. The van der Waals surface area contributed by atoms with E-state index in [-0.39, 0.29) is 17.2 Å². The summed E-state index contributed by atoms with van der Waals surface area (Å²) in [5.74, 6) is -0.288. The number of nitrogens with zero attached hydrogens (tertiary/aromatic N) is 1. The molecule has 1 aromatic heterocycles. The van der Waals surface area contributed by atoms with Crippen LogP contribution in [0.15, 0.2) is 32.9 Å². The molecule has 0 saturated heterocycles. The maximum absolute atomic E-state index is 11.9. The van der Waals surface area contributed by atoms with E-state index in [2.05, 4.69) is 26.2 Å². The van der Waals surface area contributed by atoms with Gasteiger partial charge in [0.25, 0.3) is 0 Å². The van der Waals surface area contributed by atoms with Crippen molar-refractivity contribution >= 4 is 54.0 Å². The van der Waals surface area contributed by atoms with Crippen molar-refractivity contribution in [2.75, 3.05) is 11.1 Å². The number of rotatable bonds is 4. The van der Waals surface area contributed by atoms with Crippen molar-refractivity contribution in [3.05, 3.63) is 33.7 Å². The fraction of sp³-hybridized carbons (Fsp3) is 0.0909. The lowest BCUT2D eigenvalue weighted by atomic mass is 10.3. The van der Waals surface area contributed by atoms with Crippen molar-refractivity contribution in [3.63, 3.8) is 0 Å². The Morgan fingerprint density at radius 2 is 2.14 bits per heavy atom. The molecule has 0 aliphatic rings. The van der Waals surface area contributed by atoms with Crippen LogP contribution in [-0.4, -0.2) is 19.3 Å². The Morgan fingerprint density at radius 3 is 2.67 bits per heavy atom. The molecule has 5 N–H and O–H groups in total. The highest BCUT2D eigenvalue weighted by molar-refractivity contribution is 9.10. The Morgan fingerprint density at radius 1 is 1.43 bits per heavy atom. The third kappa shape index (κ3) is 4.24. The number of primary sulfonamides is 1. The monoisotopic (exact) mass is 390 g/mol. The van der Waals surface area contributed by atoms with Gasteiger partial charge in [0.2, 0.25) is 15.9 Å². The fourth-order valence-corrected chi connectivity index (χ4v) is 3.27. The number of hydrogen-bond donors (Lipinski definition) is 3. The van der Waals surface area contributed by atoms with E-state index in [9.17, 15) is 13.2 Å². The van der Waals surface area contributed by atoms with Gasteiger partial charge in [-0.1, -0.05) is 0 Å². The molecule has 0 spiro atoms. The van der Waals surface area contributed by atoms with Crippen molar-refractivity contribution in [2.45, 2.75) is 11.3 Å². The molecular formula is C11H11BrN4O3S2. The van der Waals surface area contributed by atoms with Crippen LogP contribution in [0.25, 0.3) is 0 Å². The van der Waals surface area contributed by atoms with Crippen molar-refractivity contribution in [1.82, 2.24) is 4.98 Å². The molecule has 0 atom stereocenters. The zero-order valence-corrected chi connectivity index (χ0v) is 13.8. The topological polar surface area (TPSA) is 128 Å². The van der Waals surface area contributed by atoms with Crippen LogP contribution >= 0.6 is 27.3 Å². The van der Waals surface area contributed by atoms with Crippen LogP contribution in [0.1, 0.15) is 5.69 Å². The van der Waals surface area contributed by atoms with E-state index >= 15 is 0 Å². The number of carbonyl (C=O) groups excluding carboxylic acids is 1. The van der Waals surface area contributed by atoms with Crippen LogP contribution in [0.4, 0.5) is 10.8 Å². The Bertz CT molecular complexity index is 789. The summed E-state index contributed by atoms with van der Waals surface area (Å²) in [7, 11) is -3.78. The number of nitrogen functional groups attached to an aromatic ring is 1. The van der Waals surface area contributed by atoms with Gasteiger partial charge in [0.15, 0.2) is 5.13 Å². The maximum atomic E-state index is 11.9. The number of hydrogen-bond acceptors (Lipinski definition) is 6. The quantitative estimate of drug-likeness (QED) is 0.724. The minimum atomic E-state index is -3.78. The van der Waals surface area contributed by atoms with Crippen LogP contribution in [0.3, 0.4) is 0 Å². The molecule has 0 unspecified atom stereocenters. The number of anilines is 2. The Kier molecular flexibility index (Phi) is 4.61. The SMILES string of the molecule is Nc1nc(CC(=O)Nc2ccc(S(N)(=O)=O)cc2Br)cs1.